The van der Waals surface area contributed by atoms with Gasteiger partial charge in [0, 0.05) is 26.1 Å². The molecule has 2 heteroatoms. The molecule has 0 rings (SSSR count). The summed E-state index contributed by atoms with van der Waals surface area (Å²) in [6, 6.07) is 0. The van der Waals surface area contributed by atoms with Gasteiger partial charge in [0.2, 0.25) is 0 Å². The van der Waals surface area contributed by atoms with Crippen LogP contribution in [-0.4, -0.2) is 30.4 Å². The van der Waals surface area contributed by atoms with Crippen LogP contribution in [0.5, 0.6) is 0 Å². The van der Waals surface area contributed by atoms with Crippen LogP contribution < -0.4 is 0 Å². The summed E-state index contributed by atoms with van der Waals surface area (Å²) < 4.78 is 0. The zero-order valence-electron chi connectivity index (χ0n) is 14.6. The molecule has 0 aromatic heterocycles. The lowest BCUT2D eigenvalue weighted by Gasteiger charge is -2.26. The first-order valence-electron chi connectivity index (χ1n) is 9.08. The molecule has 0 spiro atoms. The SMILES string of the molecule is CCCCCCCC(=NCCC)N(CCC)CCCC. The minimum absolute atomic E-state index is 0.997. The van der Waals surface area contributed by atoms with Crippen LogP contribution in [0.2, 0.25) is 0 Å². The molecule has 0 aliphatic rings. The Kier molecular flexibility index (Phi) is 14.5. The molecule has 0 radical (unpaired) electrons. The van der Waals surface area contributed by atoms with E-state index in [2.05, 4.69) is 32.6 Å². The second-order valence-electron chi connectivity index (χ2n) is 5.80. The van der Waals surface area contributed by atoms with E-state index in [0.29, 0.717) is 0 Å². The van der Waals surface area contributed by atoms with Crippen LogP contribution in [0.1, 0.15) is 91.9 Å². The van der Waals surface area contributed by atoms with Crippen LogP contribution in [0.3, 0.4) is 0 Å². The van der Waals surface area contributed by atoms with Crippen molar-refractivity contribution in [2.75, 3.05) is 19.6 Å². The predicted octanol–water partition coefficient (Wildman–Crippen LogP) is 5.67. The molecule has 120 valence electrons. The van der Waals surface area contributed by atoms with Crippen molar-refractivity contribution in [2.45, 2.75) is 91.9 Å². The third-order valence-electron chi connectivity index (χ3n) is 3.66. The van der Waals surface area contributed by atoms with Gasteiger partial charge in [0.25, 0.3) is 0 Å². The van der Waals surface area contributed by atoms with E-state index in [1.54, 1.807) is 0 Å². The van der Waals surface area contributed by atoms with Gasteiger partial charge in [-0.2, -0.15) is 0 Å². The average Bonchev–Trinajstić information content (AvgIpc) is 2.46. The topological polar surface area (TPSA) is 15.6 Å². The summed E-state index contributed by atoms with van der Waals surface area (Å²) in [7, 11) is 0. The van der Waals surface area contributed by atoms with Gasteiger partial charge in [-0.15, -0.1) is 0 Å². The van der Waals surface area contributed by atoms with Gasteiger partial charge in [-0.3, -0.25) is 4.99 Å². The van der Waals surface area contributed by atoms with E-state index in [1.165, 1.54) is 76.7 Å². The molecular formula is C18H38N2. The number of unbranched alkanes of at least 4 members (excludes halogenated alkanes) is 5. The molecule has 0 fully saturated rings. The largest absolute Gasteiger partial charge is 0.360 e. The fourth-order valence-corrected chi connectivity index (χ4v) is 2.45. The fraction of sp³-hybridized carbons (Fsp3) is 0.944. The van der Waals surface area contributed by atoms with Crippen LogP contribution in [0.25, 0.3) is 0 Å². The first-order chi connectivity index (χ1) is 9.79. The van der Waals surface area contributed by atoms with Gasteiger partial charge in [0.1, 0.15) is 0 Å². The zero-order chi connectivity index (χ0) is 15.1. The van der Waals surface area contributed by atoms with Crippen molar-refractivity contribution in [3.8, 4) is 0 Å². The number of hydrogen-bond acceptors (Lipinski definition) is 1. The molecule has 0 heterocycles. The highest BCUT2D eigenvalue weighted by Crippen LogP contribution is 2.10. The van der Waals surface area contributed by atoms with Crippen molar-refractivity contribution in [1.29, 1.82) is 0 Å². The second kappa shape index (κ2) is 14.9. The Labute approximate surface area is 128 Å². The highest BCUT2D eigenvalue weighted by molar-refractivity contribution is 5.82. The summed E-state index contributed by atoms with van der Waals surface area (Å²) in [5.41, 5.74) is 0. The number of nitrogens with zero attached hydrogens (tertiary/aromatic N) is 2. The number of hydrogen-bond donors (Lipinski definition) is 0. The summed E-state index contributed by atoms with van der Waals surface area (Å²) in [5.74, 6) is 1.39. The van der Waals surface area contributed by atoms with Gasteiger partial charge in [0.05, 0.1) is 5.84 Å². The van der Waals surface area contributed by atoms with Gasteiger partial charge in [-0.05, 0) is 25.7 Å². The van der Waals surface area contributed by atoms with Crippen molar-refractivity contribution < 1.29 is 0 Å². The smallest absolute Gasteiger partial charge is 0.0988 e. The van der Waals surface area contributed by atoms with Crippen LogP contribution >= 0.6 is 0 Å². The fourth-order valence-electron chi connectivity index (χ4n) is 2.45. The molecule has 2 nitrogen and oxygen atoms in total. The maximum absolute atomic E-state index is 4.87. The third-order valence-corrected chi connectivity index (χ3v) is 3.66. The molecule has 0 amide bonds. The number of aliphatic imine (C=N–C) groups is 1. The van der Waals surface area contributed by atoms with Gasteiger partial charge in [-0.25, -0.2) is 0 Å². The van der Waals surface area contributed by atoms with Crippen molar-refractivity contribution in [3.63, 3.8) is 0 Å². The normalized spacial score (nSPS) is 11.9. The van der Waals surface area contributed by atoms with E-state index in [1.807, 2.05) is 0 Å². The molecule has 0 saturated carbocycles. The summed E-state index contributed by atoms with van der Waals surface area (Å²) in [5, 5.41) is 0. The molecule has 0 atom stereocenters. The standard InChI is InChI=1S/C18H38N2/c1-5-9-11-12-13-14-18(19-15-7-3)20(16-8-4)17-10-6-2/h5-17H2,1-4H3. The Morgan fingerprint density at radius 1 is 0.700 bits per heavy atom. The minimum atomic E-state index is 0.997. The summed E-state index contributed by atoms with van der Waals surface area (Å²) in [6.45, 7) is 12.4. The van der Waals surface area contributed by atoms with Crippen molar-refractivity contribution >= 4 is 5.84 Å². The molecule has 0 aliphatic heterocycles. The van der Waals surface area contributed by atoms with E-state index in [9.17, 15) is 0 Å². The Morgan fingerprint density at radius 2 is 1.40 bits per heavy atom. The maximum Gasteiger partial charge on any atom is 0.0988 e. The van der Waals surface area contributed by atoms with Crippen molar-refractivity contribution in [3.05, 3.63) is 0 Å². The van der Waals surface area contributed by atoms with E-state index in [-0.39, 0.29) is 0 Å². The molecule has 0 aliphatic carbocycles. The van der Waals surface area contributed by atoms with E-state index in [0.717, 1.165) is 13.0 Å². The van der Waals surface area contributed by atoms with Crippen LogP contribution in [-0.2, 0) is 0 Å². The monoisotopic (exact) mass is 282 g/mol. The first-order valence-corrected chi connectivity index (χ1v) is 9.08. The minimum Gasteiger partial charge on any atom is -0.360 e. The lowest BCUT2D eigenvalue weighted by Crippen LogP contribution is -2.33. The van der Waals surface area contributed by atoms with Gasteiger partial charge in [-0.1, -0.05) is 59.8 Å². The predicted molar refractivity (Wildman–Crippen MR) is 92.7 cm³/mol. The molecule has 0 aromatic carbocycles. The van der Waals surface area contributed by atoms with Crippen molar-refractivity contribution in [2.24, 2.45) is 4.99 Å². The lowest BCUT2D eigenvalue weighted by atomic mass is 10.1. The summed E-state index contributed by atoms with van der Waals surface area (Å²) in [4.78, 5) is 7.43. The highest BCUT2D eigenvalue weighted by Gasteiger charge is 2.09. The Bertz CT molecular complexity index is 223. The molecule has 0 saturated heterocycles. The Morgan fingerprint density at radius 3 is 2.00 bits per heavy atom. The van der Waals surface area contributed by atoms with Crippen LogP contribution in [0, 0.1) is 0 Å². The summed E-state index contributed by atoms with van der Waals surface area (Å²) in [6.07, 6.45) is 12.9. The van der Waals surface area contributed by atoms with E-state index >= 15 is 0 Å². The molecule has 0 unspecified atom stereocenters. The Balaban J connectivity index is 4.32. The molecule has 20 heavy (non-hydrogen) atoms. The van der Waals surface area contributed by atoms with E-state index < -0.39 is 0 Å². The highest BCUT2D eigenvalue weighted by atomic mass is 15.2. The third kappa shape index (κ3) is 10.3. The molecule has 0 aromatic rings. The van der Waals surface area contributed by atoms with Gasteiger partial charge < -0.3 is 4.90 Å². The van der Waals surface area contributed by atoms with Crippen molar-refractivity contribution in [1.82, 2.24) is 4.90 Å². The molecule has 0 bridgehead atoms. The maximum atomic E-state index is 4.87. The molecule has 0 N–H and O–H groups in total. The van der Waals surface area contributed by atoms with Gasteiger partial charge >= 0.3 is 0 Å². The first kappa shape index (κ1) is 19.5. The van der Waals surface area contributed by atoms with E-state index in [4.69, 9.17) is 4.99 Å². The zero-order valence-corrected chi connectivity index (χ0v) is 14.6. The number of rotatable bonds is 13. The van der Waals surface area contributed by atoms with Crippen LogP contribution in [0.15, 0.2) is 4.99 Å². The Hall–Kier alpha value is -0.530. The lowest BCUT2D eigenvalue weighted by molar-refractivity contribution is 0.395. The average molecular weight is 283 g/mol. The van der Waals surface area contributed by atoms with Crippen LogP contribution in [0.4, 0.5) is 0 Å². The van der Waals surface area contributed by atoms with Gasteiger partial charge in [0.15, 0.2) is 0 Å². The quantitative estimate of drug-likeness (QED) is 0.241. The number of amidine groups is 1. The summed E-state index contributed by atoms with van der Waals surface area (Å²) >= 11 is 0. The second-order valence-corrected chi connectivity index (χ2v) is 5.80. The molecular weight excluding hydrogens is 244 g/mol.